The average Bonchev–Trinajstić information content (AvgIpc) is 2.93. The number of rotatable bonds is 3. The highest BCUT2D eigenvalue weighted by atomic mass is 35.5. The third kappa shape index (κ3) is 2.48. The number of benzene rings is 1. The van der Waals surface area contributed by atoms with Gasteiger partial charge in [0, 0.05) is 0 Å². The number of hydrogen-bond acceptors (Lipinski definition) is 5. The molecule has 1 amide bonds. The van der Waals surface area contributed by atoms with E-state index in [2.05, 4.69) is 30.8 Å². The molecule has 0 fully saturated rings. The summed E-state index contributed by atoms with van der Waals surface area (Å²) in [5.74, 6) is -1.13. The summed E-state index contributed by atoms with van der Waals surface area (Å²) < 4.78 is 13.6. The van der Waals surface area contributed by atoms with Gasteiger partial charge in [-0.25, -0.2) is 19.3 Å². The number of amides is 1. The van der Waals surface area contributed by atoms with Crippen LogP contribution in [0.4, 0.5) is 10.2 Å². The molecule has 0 aliphatic heterocycles. The van der Waals surface area contributed by atoms with E-state index in [0.29, 0.717) is 17.0 Å². The van der Waals surface area contributed by atoms with Gasteiger partial charge < -0.3 is 4.98 Å². The van der Waals surface area contributed by atoms with Crippen molar-refractivity contribution < 1.29 is 9.18 Å². The minimum atomic E-state index is -0.718. The van der Waals surface area contributed by atoms with Crippen LogP contribution in [0.15, 0.2) is 30.9 Å². The van der Waals surface area contributed by atoms with Gasteiger partial charge >= 0.3 is 0 Å². The number of carbonyl (C=O) groups excluding carboxylic acids is 1. The van der Waals surface area contributed by atoms with E-state index in [1.54, 1.807) is 0 Å². The molecule has 0 bridgehead atoms. The zero-order chi connectivity index (χ0) is 14.8. The average molecular weight is 307 g/mol. The van der Waals surface area contributed by atoms with Crippen LogP contribution in [0.3, 0.4) is 0 Å². The summed E-state index contributed by atoms with van der Waals surface area (Å²) in [6, 6.07) is 4.00. The zero-order valence-corrected chi connectivity index (χ0v) is 11.1. The maximum absolute atomic E-state index is 13.6. The molecule has 0 radical (unpaired) electrons. The number of fused-ring (bicyclic) bond motifs is 1. The van der Waals surface area contributed by atoms with Crippen LogP contribution < -0.4 is 10.9 Å². The highest BCUT2D eigenvalue weighted by Crippen LogP contribution is 2.19. The SMILES string of the molecule is O=C(NNc1ncnc2nc[nH]c12)c1c(F)cccc1Cl. The van der Waals surface area contributed by atoms with Crippen molar-refractivity contribution >= 4 is 34.5 Å². The van der Waals surface area contributed by atoms with Crippen LogP contribution in [0, 0.1) is 5.82 Å². The highest BCUT2D eigenvalue weighted by molar-refractivity contribution is 6.33. The Balaban J connectivity index is 1.82. The van der Waals surface area contributed by atoms with E-state index >= 15 is 0 Å². The lowest BCUT2D eigenvalue weighted by Gasteiger charge is -2.09. The smallest absolute Gasteiger partial charge is 0.274 e. The minimum Gasteiger partial charge on any atom is -0.340 e. The molecule has 106 valence electrons. The standard InChI is InChI=1S/C12H8ClFN6O/c13-6-2-1-3-7(14)8(6)12(21)20-19-11-9-10(16-4-15-9)17-5-18-11/h1-5H,(H,20,21)(H2,15,16,17,18,19). The van der Waals surface area contributed by atoms with Crippen LogP contribution in [-0.2, 0) is 0 Å². The molecule has 1 aromatic carbocycles. The second-order valence-electron chi connectivity index (χ2n) is 4.00. The topological polar surface area (TPSA) is 95.6 Å². The first kappa shape index (κ1) is 13.3. The Morgan fingerprint density at radius 1 is 1.29 bits per heavy atom. The fraction of sp³-hybridized carbons (Fsp3) is 0. The van der Waals surface area contributed by atoms with Gasteiger partial charge in [0.2, 0.25) is 0 Å². The first-order valence-electron chi connectivity index (χ1n) is 5.81. The molecule has 0 saturated carbocycles. The number of halogens is 2. The molecule has 21 heavy (non-hydrogen) atoms. The van der Waals surface area contributed by atoms with Crippen molar-refractivity contribution in [2.75, 3.05) is 5.43 Å². The fourth-order valence-corrected chi connectivity index (χ4v) is 2.00. The molecule has 2 aromatic heterocycles. The monoisotopic (exact) mass is 306 g/mol. The highest BCUT2D eigenvalue weighted by Gasteiger charge is 2.16. The number of hydrazine groups is 1. The van der Waals surface area contributed by atoms with Gasteiger partial charge in [0.1, 0.15) is 17.7 Å². The van der Waals surface area contributed by atoms with Crippen molar-refractivity contribution in [3.63, 3.8) is 0 Å². The van der Waals surface area contributed by atoms with Crippen LogP contribution in [0.5, 0.6) is 0 Å². The number of nitrogens with zero attached hydrogens (tertiary/aromatic N) is 3. The summed E-state index contributed by atoms with van der Waals surface area (Å²) in [7, 11) is 0. The number of aromatic nitrogens is 4. The van der Waals surface area contributed by atoms with E-state index in [-0.39, 0.29) is 10.6 Å². The van der Waals surface area contributed by atoms with Gasteiger partial charge in [-0.05, 0) is 12.1 Å². The van der Waals surface area contributed by atoms with Crippen LogP contribution >= 0.6 is 11.6 Å². The molecular weight excluding hydrogens is 299 g/mol. The van der Waals surface area contributed by atoms with Gasteiger partial charge in [0.15, 0.2) is 11.5 Å². The number of carbonyl (C=O) groups is 1. The largest absolute Gasteiger partial charge is 0.340 e. The van der Waals surface area contributed by atoms with E-state index in [1.807, 2.05) is 0 Å². The lowest BCUT2D eigenvalue weighted by Crippen LogP contribution is -2.31. The van der Waals surface area contributed by atoms with Gasteiger partial charge in [-0.2, -0.15) is 0 Å². The number of H-pyrrole nitrogens is 1. The van der Waals surface area contributed by atoms with Gasteiger partial charge in [-0.15, -0.1) is 0 Å². The molecule has 3 rings (SSSR count). The van der Waals surface area contributed by atoms with Crippen molar-refractivity contribution in [2.24, 2.45) is 0 Å². The summed E-state index contributed by atoms with van der Waals surface area (Å²) in [5.41, 5.74) is 5.61. The molecular formula is C12H8ClFN6O. The Kier molecular flexibility index (Phi) is 3.36. The predicted octanol–water partition coefficient (Wildman–Crippen LogP) is 1.90. The van der Waals surface area contributed by atoms with Crippen molar-refractivity contribution in [3.8, 4) is 0 Å². The quantitative estimate of drug-likeness (QED) is 0.642. The molecule has 0 aliphatic rings. The summed E-state index contributed by atoms with van der Waals surface area (Å²) >= 11 is 5.81. The van der Waals surface area contributed by atoms with Gasteiger partial charge in [0.05, 0.1) is 16.9 Å². The summed E-state index contributed by atoms with van der Waals surface area (Å²) in [4.78, 5) is 26.6. The van der Waals surface area contributed by atoms with Gasteiger partial charge in [0.25, 0.3) is 5.91 Å². The first-order chi connectivity index (χ1) is 10.2. The van der Waals surface area contributed by atoms with Crippen molar-refractivity contribution in [1.29, 1.82) is 0 Å². The molecule has 3 N–H and O–H groups in total. The van der Waals surface area contributed by atoms with Gasteiger partial charge in [-0.3, -0.25) is 15.6 Å². The molecule has 9 heteroatoms. The Labute approximate surface area is 122 Å². The maximum atomic E-state index is 13.6. The molecule has 0 saturated heterocycles. The minimum absolute atomic E-state index is 0.0173. The number of aromatic amines is 1. The molecule has 0 atom stereocenters. The molecule has 0 unspecified atom stereocenters. The van der Waals surface area contributed by atoms with Gasteiger partial charge in [-0.1, -0.05) is 17.7 Å². The molecule has 0 spiro atoms. The lowest BCUT2D eigenvalue weighted by atomic mass is 10.2. The van der Waals surface area contributed by atoms with Crippen LogP contribution in [-0.4, -0.2) is 25.8 Å². The number of imidazole rings is 1. The predicted molar refractivity (Wildman–Crippen MR) is 74.2 cm³/mol. The van der Waals surface area contributed by atoms with E-state index in [9.17, 15) is 9.18 Å². The van der Waals surface area contributed by atoms with E-state index in [4.69, 9.17) is 11.6 Å². The van der Waals surface area contributed by atoms with Crippen LogP contribution in [0.2, 0.25) is 5.02 Å². The lowest BCUT2D eigenvalue weighted by molar-refractivity contribution is 0.0958. The Morgan fingerprint density at radius 3 is 2.95 bits per heavy atom. The molecule has 0 aliphatic carbocycles. The van der Waals surface area contributed by atoms with E-state index in [1.165, 1.54) is 24.8 Å². The first-order valence-corrected chi connectivity index (χ1v) is 6.19. The third-order valence-corrected chi connectivity index (χ3v) is 3.02. The fourth-order valence-electron chi connectivity index (χ4n) is 1.75. The molecule has 3 aromatic rings. The number of hydrogen-bond donors (Lipinski definition) is 3. The van der Waals surface area contributed by atoms with E-state index in [0.717, 1.165) is 6.07 Å². The second-order valence-corrected chi connectivity index (χ2v) is 4.41. The molecule has 2 heterocycles. The van der Waals surface area contributed by atoms with E-state index < -0.39 is 11.7 Å². The number of nitrogens with one attached hydrogen (secondary N) is 3. The van der Waals surface area contributed by atoms with Crippen molar-refractivity contribution in [1.82, 2.24) is 25.4 Å². The zero-order valence-electron chi connectivity index (χ0n) is 10.4. The Hall–Kier alpha value is -2.74. The van der Waals surface area contributed by atoms with Crippen molar-refractivity contribution in [3.05, 3.63) is 47.3 Å². The maximum Gasteiger partial charge on any atom is 0.274 e. The molecule has 7 nitrogen and oxygen atoms in total. The summed E-state index contributed by atoms with van der Waals surface area (Å²) in [5, 5.41) is 0.0173. The Morgan fingerprint density at radius 2 is 2.14 bits per heavy atom. The normalized spacial score (nSPS) is 10.6. The Bertz CT molecular complexity index is 800. The van der Waals surface area contributed by atoms with Crippen LogP contribution in [0.25, 0.3) is 11.2 Å². The summed E-state index contributed by atoms with van der Waals surface area (Å²) in [6.45, 7) is 0. The summed E-state index contributed by atoms with van der Waals surface area (Å²) in [6.07, 6.45) is 2.73. The number of anilines is 1. The second kappa shape index (κ2) is 5.33. The van der Waals surface area contributed by atoms with Crippen LogP contribution in [0.1, 0.15) is 10.4 Å². The third-order valence-electron chi connectivity index (χ3n) is 2.71. The van der Waals surface area contributed by atoms with Crippen molar-refractivity contribution in [2.45, 2.75) is 0 Å².